The number of hydrogen-bond donors (Lipinski definition) is 9. The minimum atomic E-state index is -5.59. The fraction of sp³-hybridized carbons (Fsp3) is 0.943. The number of aliphatic hydroxyl groups excluding tert-OH is 3. The van der Waals surface area contributed by atoms with Crippen molar-refractivity contribution in [2.75, 3.05) is 19.8 Å². The van der Waals surface area contributed by atoms with Gasteiger partial charge in [0.1, 0.15) is 43.2 Å². The molecule has 20 nitrogen and oxygen atoms in total. The molecular weight excluding hydrogens is 831 g/mol. The number of carbonyl (C=O) groups is 2. The molecule has 4 unspecified atom stereocenters. The van der Waals surface area contributed by atoms with Crippen LogP contribution in [-0.2, 0) is 50.9 Å². The Labute approximate surface area is 341 Å². The van der Waals surface area contributed by atoms with E-state index < -0.39 is 91.3 Å². The van der Waals surface area contributed by atoms with Crippen LogP contribution in [-0.4, -0.2) is 114 Å². The van der Waals surface area contributed by atoms with Crippen LogP contribution >= 0.6 is 23.5 Å². The monoisotopic (exact) mass is 901 g/mol. The van der Waals surface area contributed by atoms with Gasteiger partial charge in [-0.05, 0) is 25.8 Å². The van der Waals surface area contributed by atoms with Crippen molar-refractivity contribution in [3.8, 4) is 0 Å². The van der Waals surface area contributed by atoms with Crippen molar-refractivity contribution >= 4 is 35.4 Å². The first-order valence-corrected chi connectivity index (χ1v) is 25.1. The number of ether oxygens (including phenoxy) is 2. The van der Waals surface area contributed by atoms with Crippen LogP contribution in [0.2, 0.25) is 0 Å². The molecule has 1 saturated carbocycles. The number of nitrogens with two attached hydrogens (primary N) is 1. The molecule has 0 saturated heterocycles. The number of rotatable bonds is 35. The van der Waals surface area contributed by atoms with E-state index in [1.54, 1.807) is 0 Å². The van der Waals surface area contributed by atoms with E-state index >= 15 is 0 Å². The molecular formula is C35H70NO19P3. The van der Waals surface area contributed by atoms with Crippen LogP contribution in [0.4, 0.5) is 0 Å². The average molecular weight is 902 g/mol. The highest BCUT2D eigenvalue weighted by atomic mass is 31.2. The highest BCUT2D eigenvalue weighted by Gasteiger charge is 2.56. The molecule has 23 heteroatoms. The number of phosphoric acid groups is 3. The van der Waals surface area contributed by atoms with E-state index in [2.05, 4.69) is 16.0 Å². The van der Waals surface area contributed by atoms with Crippen LogP contribution < -0.4 is 5.73 Å². The molecule has 8 atom stereocenters. The Morgan fingerprint density at radius 2 is 0.931 bits per heavy atom. The van der Waals surface area contributed by atoms with Gasteiger partial charge in [0.2, 0.25) is 0 Å². The lowest BCUT2D eigenvalue weighted by Crippen LogP contribution is -2.65. The molecule has 1 rings (SSSR count). The predicted octanol–water partition coefficient (Wildman–Crippen LogP) is 4.56. The first kappa shape index (κ1) is 55.1. The Morgan fingerprint density at radius 1 is 0.534 bits per heavy atom. The zero-order valence-electron chi connectivity index (χ0n) is 33.7. The number of unbranched alkanes of at least 4 members (excludes halogenated alkanes) is 18. The van der Waals surface area contributed by atoms with E-state index in [0.717, 1.165) is 70.6 Å². The number of esters is 2. The second-order valence-corrected chi connectivity index (χ2v) is 18.5. The van der Waals surface area contributed by atoms with E-state index in [9.17, 15) is 63.1 Å². The zero-order valence-corrected chi connectivity index (χ0v) is 36.4. The summed E-state index contributed by atoms with van der Waals surface area (Å²) in [6.45, 7) is 1.35. The normalized spacial score (nSPS) is 23.0. The summed E-state index contributed by atoms with van der Waals surface area (Å²) < 4.78 is 65.0. The molecule has 0 radical (unpaired) electrons. The lowest BCUT2D eigenvalue weighted by atomic mass is 9.85. The van der Waals surface area contributed by atoms with Crippen molar-refractivity contribution in [3.63, 3.8) is 0 Å². The van der Waals surface area contributed by atoms with Crippen LogP contribution in [0, 0.1) is 0 Å². The molecule has 1 aliphatic rings. The van der Waals surface area contributed by atoms with Crippen molar-refractivity contribution in [1.82, 2.24) is 0 Å². The summed E-state index contributed by atoms with van der Waals surface area (Å²) in [5.41, 5.74) is 5.50. The number of phosphoric ester groups is 3. The van der Waals surface area contributed by atoms with Gasteiger partial charge in [-0.2, -0.15) is 0 Å². The first-order valence-electron chi connectivity index (χ1n) is 20.5. The SMILES string of the molecule is CCCCCCCCCCCCCCCC(=O)O[C@H](COC(=O)CCCCCCCCCN)COP(=O)(O)OC1C(O)[C@@H](O)C(OP(=O)(O)O)[C@@H](OP(=O)(O)O)[C@H]1O. The summed E-state index contributed by atoms with van der Waals surface area (Å²) >= 11 is 0. The van der Waals surface area contributed by atoms with Crippen LogP contribution in [0.25, 0.3) is 0 Å². The summed E-state index contributed by atoms with van der Waals surface area (Å²) in [5.74, 6) is -1.32. The van der Waals surface area contributed by atoms with Crippen LogP contribution in [0.15, 0.2) is 0 Å². The van der Waals surface area contributed by atoms with Crippen LogP contribution in [0.3, 0.4) is 0 Å². The van der Waals surface area contributed by atoms with Crippen LogP contribution in [0.1, 0.15) is 148 Å². The van der Waals surface area contributed by atoms with Gasteiger partial charge in [0.05, 0.1) is 6.61 Å². The maximum absolute atomic E-state index is 13.0. The predicted molar refractivity (Wildman–Crippen MR) is 210 cm³/mol. The average Bonchev–Trinajstić information content (AvgIpc) is 3.14. The minimum Gasteiger partial charge on any atom is -0.462 e. The molecule has 344 valence electrons. The van der Waals surface area contributed by atoms with E-state index in [1.807, 2.05) is 0 Å². The number of hydrogen-bond acceptors (Lipinski definition) is 15. The Kier molecular flexibility index (Phi) is 28.7. The molecule has 0 aromatic heterocycles. The standard InChI is InChI=1S/C35H70NO19P3/c1-2-3-4-5-6-7-8-9-10-11-13-17-20-23-29(38)52-27(25-50-28(37)22-19-16-14-12-15-18-21-24-36)26-51-58(48,49)55-33-30(39)31(40)34(53-56(42,43)44)35(32(33)41)54-57(45,46)47/h27,30-35,39-41H,2-26,36H2,1H3,(H,48,49)(H2,42,43,44)(H2,45,46,47)/t27-,30?,31-,32+,33?,34?,35+/m1/s1. The fourth-order valence-electron chi connectivity index (χ4n) is 6.42. The largest absolute Gasteiger partial charge is 0.472 e. The first-order chi connectivity index (χ1) is 27.3. The lowest BCUT2D eigenvalue weighted by molar-refractivity contribution is -0.213. The van der Waals surface area contributed by atoms with Gasteiger partial charge in [-0.1, -0.05) is 116 Å². The lowest BCUT2D eigenvalue weighted by Gasteiger charge is -2.44. The summed E-state index contributed by atoms with van der Waals surface area (Å²) in [6, 6.07) is 0. The van der Waals surface area contributed by atoms with Crippen molar-refractivity contribution in [2.45, 2.75) is 191 Å². The third-order valence-electron chi connectivity index (χ3n) is 9.51. The molecule has 0 aromatic carbocycles. The summed E-state index contributed by atoms with van der Waals surface area (Å²) in [5, 5.41) is 31.7. The second kappa shape index (κ2) is 30.2. The Morgan fingerprint density at radius 3 is 1.38 bits per heavy atom. The van der Waals surface area contributed by atoms with Crippen molar-refractivity contribution in [2.24, 2.45) is 5.73 Å². The fourth-order valence-corrected chi connectivity index (χ4v) is 8.51. The molecule has 1 fully saturated rings. The molecule has 10 N–H and O–H groups in total. The number of aliphatic hydroxyl groups is 3. The summed E-state index contributed by atoms with van der Waals surface area (Å²) in [7, 11) is -16.6. The van der Waals surface area contributed by atoms with Gasteiger partial charge < -0.3 is 55.0 Å². The smallest absolute Gasteiger partial charge is 0.462 e. The third kappa shape index (κ3) is 26.4. The zero-order chi connectivity index (χ0) is 43.6. The van der Waals surface area contributed by atoms with E-state index in [0.29, 0.717) is 19.4 Å². The third-order valence-corrected chi connectivity index (χ3v) is 11.5. The second-order valence-electron chi connectivity index (χ2n) is 14.7. The van der Waals surface area contributed by atoms with Crippen LogP contribution in [0.5, 0.6) is 0 Å². The van der Waals surface area contributed by atoms with Gasteiger partial charge in [0.25, 0.3) is 0 Å². The Balaban J connectivity index is 2.80. The van der Waals surface area contributed by atoms with Crippen molar-refractivity contribution in [1.29, 1.82) is 0 Å². The number of carbonyl (C=O) groups excluding carboxylic acids is 2. The van der Waals surface area contributed by atoms with Gasteiger partial charge in [0.15, 0.2) is 6.10 Å². The molecule has 0 bridgehead atoms. The molecule has 0 heterocycles. The van der Waals surface area contributed by atoms with Gasteiger partial charge in [-0.15, -0.1) is 0 Å². The highest BCUT2D eigenvalue weighted by Crippen LogP contribution is 2.51. The molecule has 58 heavy (non-hydrogen) atoms. The van der Waals surface area contributed by atoms with Gasteiger partial charge in [-0.25, -0.2) is 13.7 Å². The maximum atomic E-state index is 13.0. The molecule has 1 aliphatic carbocycles. The molecule has 0 aliphatic heterocycles. The summed E-state index contributed by atoms with van der Waals surface area (Å²) in [6.07, 6.45) is 4.26. The molecule has 0 amide bonds. The topological polar surface area (TPSA) is 329 Å². The quantitative estimate of drug-likeness (QED) is 0.0239. The molecule has 0 spiro atoms. The molecule has 0 aromatic rings. The van der Waals surface area contributed by atoms with Gasteiger partial charge >= 0.3 is 35.4 Å². The van der Waals surface area contributed by atoms with Crippen molar-refractivity contribution < 1.29 is 90.6 Å². The highest BCUT2D eigenvalue weighted by molar-refractivity contribution is 7.47. The Hall–Kier alpha value is -0.890. The van der Waals surface area contributed by atoms with E-state index in [1.165, 1.54) is 44.9 Å². The van der Waals surface area contributed by atoms with Gasteiger partial charge in [0, 0.05) is 12.8 Å². The summed E-state index contributed by atoms with van der Waals surface area (Å²) in [4.78, 5) is 72.6. The Bertz CT molecular complexity index is 1270. The van der Waals surface area contributed by atoms with E-state index in [-0.39, 0.29) is 12.8 Å². The minimum absolute atomic E-state index is 0.00206. The van der Waals surface area contributed by atoms with Crippen molar-refractivity contribution in [3.05, 3.63) is 0 Å². The van der Waals surface area contributed by atoms with Gasteiger partial charge in [-0.3, -0.25) is 27.7 Å². The van der Waals surface area contributed by atoms with E-state index in [4.69, 9.17) is 24.3 Å². The maximum Gasteiger partial charge on any atom is 0.472 e.